The lowest BCUT2D eigenvalue weighted by atomic mass is 10.2. The number of carbonyl (C=O) groups is 1. The van der Waals surface area contributed by atoms with E-state index in [1.807, 2.05) is 24.3 Å². The van der Waals surface area contributed by atoms with E-state index in [2.05, 4.69) is 50.6 Å². The average Bonchev–Trinajstić information content (AvgIpc) is 2.83. The Hall–Kier alpha value is -1.41. The first-order chi connectivity index (χ1) is 10.0. The number of rotatable bonds is 6. The van der Waals surface area contributed by atoms with Crippen LogP contribution in [0.5, 0.6) is 0 Å². The summed E-state index contributed by atoms with van der Waals surface area (Å²) in [6.45, 7) is 4.93. The van der Waals surface area contributed by atoms with Crippen molar-refractivity contribution in [3.63, 3.8) is 0 Å². The number of nitrogens with one attached hydrogen (secondary N) is 1. The highest BCUT2D eigenvalue weighted by atomic mass is 79.9. The number of thioether (sulfide) groups is 1. The fraction of sp³-hybridized carbons (Fsp3) is 0.385. The van der Waals surface area contributed by atoms with E-state index < -0.39 is 0 Å². The lowest BCUT2D eigenvalue weighted by Crippen LogP contribution is -2.15. The second-order valence-corrected chi connectivity index (χ2v) is 6.74. The van der Waals surface area contributed by atoms with Crippen molar-refractivity contribution >= 4 is 39.3 Å². The standard InChI is InChI=1S/C13H16BrN5OS/c1-9(2)7-19-13(16-17-18-19)21-8-12(20)15-11-5-3-4-10(14)6-11/h3-6,9H,7-8H2,1-2H3,(H,15,20). The van der Waals surface area contributed by atoms with Gasteiger partial charge in [0.05, 0.1) is 5.75 Å². The van der Waals surface area contributed by atoms with Gasteiger partial charge in [0, 0.05) is 16.7 Å². The predicted octanol–water partition coefficient (Wildman–Crippen LogP) is 2.82. The molecule has 0 aliphatic carbocycles. The van der Waals surface area contributed by atoms with Crippen molar-refractivity contribution in [1.29, 1.82) is 0 Å². The molecule has 0 spiro atoms. The van der Waals surface area contributed by atoms with Crippen molar-refractivity contribution in [2.45, 2.75) is 25.5 Å². The van der Waals surface area contributed by atoms with Crippen LogP contribution in [0.3, 0.4) is 0 Å². The van der Waals surface area contributed by atoms with Gasteiger partial charge in [-0.2, -0.15) is 0 Å². The molecule has 0 saturated carbocycles. The summed E-state index contributed by atoms with van der Waals surface area (Å²) in [4.78, 5) is 11.9. The van der Waals surface area contributed by atoms with Crippen LogP contribution in [0.1, 0.15) is 13.8 Å². The summed E-state index contributed by atoms with van der Waals surface area (Å²) in [6, 6.07) is 7.47. The van der Waals surface area contributed by atoms with Crippen molar-refractivity contribution in [1.82, 2.24) is 20.2 Å². The molecule has 0 bridgehead atoms. The molecule has 0 fully saturated rings. The first kappa shape index (κ1) is 16.0. The molecule has 6 nitrogen and oxygen atoms in total. The SMILES string of the molecule is CC(C)Cn1nnnc1SCC(=O)Nc1cccc(Br)c1. The second kappa shape index (κ2) is 7.56. The van der Waals surface area contributed by atoms with Crippen LogP contribution in [0, 0.1) is 5.92 Å². The largest absolute Gasteiger partial charge is 0.325 e. The van der Waals surface area contributed by atoms with Gasteiger partial charge in [-0.05, 0) is 34.5 Å². The molecular weight excluding hydrogens is 354 g/mol. The number of tetrazole rings is 1. The molecule has 2 rings (SSSR count). The average molecular weight is 370 g/mol. The number of hydrogen-bond acceptors (Lipinski definition) is 5. The Balaban J connectivity index is 1.88. The van der Waals surface area contributed by atoms with Crippen molar-refractivity contribution in [2.75, 3.05) is 11.1 Å². The number of nitrogens with zero attached hydrogens (tertiary/aromatic N) is 4. The van der Waals surface area contributed by atoms with E-state index in [-0.39, 0.29) is 11.7 Å². The molecule has 0 aliphatic heterocycles. The molecule has 8 heteroatoms. The van der Waals surface area contributed by atoms with Gasteiger partial charge in [-0.15, -0.1) is 5.10 Å². The highest BCUT2D eigenvalue weighted by molar-refractivity contribution is 9.10. The maximum absolute atomic E-state index is 11.9. The van der Waals surface area contributed by atoms with Gasteiger partial charge < -0.3 is 5.32 Å². The van der Waals surface area contributed by atoms with E-state index in [1.165, 1.54) is 11.8 Å². The third kappa shape index (κ3) is 5.13. The summed E-state index contributed by atoms with van der Waals surface area (Å²) in [5.74, 6) is 0.630. The Morgan fingerprint density at radius 2 is 2.29 bits per heavy atom. The first-order valence-corrected chi connectivity index (χ1v) is 8.27. The molecule has 21 heavy (non-hydrogen) atoms. The fourth-order valence-electron chi connectivity index (χ4n) is 1.65. The summed E-state index contributed by atoms with van der Waals surface area (Å²) in [5, 5.41) is 15.0. The van der Waals surface area contributed by atoms with Crippen molar-refractivity contribution in [3.05, 3.63) is 28.7 Å². The Labute approximate surface area is 135 Å². The lowest BCUT2D eigenvalue weighted by molar-refractivity contribution is -0.113. The fourth-order valence-corrected chi connectivity index (χ4v) is 2.74. The van der Waals surface area contributed by atoms with Crippen LogP contribution in [0.15, 0.2) is 33.9 Å². The summed E-state index contributed by atoms with van der Waals surface area (Å²) >= 11 is 4.70. The van der Waals surface area contributed by atoms with Gasteiger partial charge in [0.25, 0.3) is 0 Å². The van der Waals surface area contributed by atoms with Gasteiger partial charge in [-0.1, -0.05) is 47.6 Å². The van der Waals surface area contributed by atoms with Crippen LogP contribution < -0.4 is 5.32 Å². The Kier molecular flexibility index (Phi) is 5.75. The van der Waals surface area contributed by atoms with Crippen LogP contribution in [0.25, 0.3) is 0 Å². The van der Waals surface area contributed by atoms with Crippen LogP contribution in [-0.4, -0.2) is 31.9 Å². The molecule has 0 radical (unpaired) electrons. The van der Waals surface area contributed by atoms with Gasteiger partial charge in [0.15, 0.2) is 0 Å². The Morgan fingerprint density at radius 3 is 3.00 bits per heavy atom. The van der Waals surface area contributed by atoms with E-state index in [9.17, 15) is 4.79 Å². The highest BCUT2D eigenvalue weighted by Gasteiger charge is 2.11. The van der Waals surface area contributed by atoms with Crippen LogP contribution in [-0.2, 0) is 11.3 Å². The Morgan fingerprint density at radius 1 is 1.48 bits per heavy atom. The maximum atomic E-state index is 11.9. The van der Waals surface area contributed by atoms with Gasteiger partial charge in [0.1, 0.15) is 0 Å². The molecule has 112 valence electrons. The smallest absolute Gasteiger partial charge is 0.234 e. The second-order valence-electron chi connectivity index (χ2n) is 4.88. The van der Waals surface area contributed by atoms with Gasteiger partial charge in [-0.3, -0.25) is 4.79 Å². The molecule has 0 aliphatic rings. The summed E-state index contributed by atoms with van der Waals surface area (Å²) in [5.41, 5.74) is 0.761. The van der Waals surface area contributed by atoms with Crippen LogP contribution >= 0.6 is 27.7 Å². The molecule has 2 aromatic rings. The maximum Gasteiger partial charge on any atom is 0.234 e. The minimum Gasteiger partial charge on any atom is -0.325 e. The molecule has 0 saturated heterocycles. The van der Waals surface area contributed by atoms with E-state index in [0.717, 1.165) is 16.7 Å². The number of hydrogen-bond donors (Lipinski definition) is 1. The van der Waals surface area contributed by atoms with Crippen LogP contribution in [0.2, 0.25) is 0 Å². The quantitative estimate of drug-likeness (QED) is 0.792. The summed E-state index contributed by atoms with van der Waals surface area (Å²) in [6.07, 6.45) is 0. The Bertz CT molecular complexity index is 616. The third-order valence-electron chi connectivity index (χ3n) is 2.48. The van der Waals surface area contributed by atoms with Gasteiger partial charge in [0.2, 0.25) is 11.1 Å². The predicted molar refractivity (Wildman–Crippen MR) is 86.2 cm³/mol. The van der Waals surface area contributed by atoms with Gasteiger partial charge >= 0.3 is 0 Å². The van der Waals surface area contributed by atoms with Crippen molar-refractivity contribution < 1.29 is 4.79 Å². The number of amides is 1. The van der Waals surface area contributed by atoms with E-state index in [1.54, 1.807) is 4.68 Å². The molecule has 0 unspecified atom stereocenters. The summed E-state index contributed by atoms with van der Waals surface area (Å²) in [7, 11) is 0. The van der Waals surface area contributed by atoms with Gasteiger partial charge in [-0.25, -0.2) is 4.68 Å². The zero-order valence-electron chi connectivity index (χ0n) is 11.8. The normalized spacial score (nSPS) is 10.9. The van der Waals surface area contributed by atoms with Crippen molar-refractivity contribution in [2.24, 2.45) is 5.92 Å². The molecular formula is C13H16BrN5OS. The van der Waals surface area contributed by atoms with E-state index >= 15 is 0 Å². The monoisotopic (exact) mass is 369 g/mol. The van der Waals surface area contributed by atoms with Crippen LogP contribution in [0.4, 0.5) is 5.69 Å². The molecule has 1 heterocycles. The van der Waals surface area contributed by atoms with E-state index in [4.69, 9.17) is 0 Å². The zero-order chi connectivity index (χ0) is 15.2. The highest BCUT2D eigenvalue weighted by Crippen LogP contribution is 2.18. The first-order valence-electron chi connectivity index (χ1n) is 6.49. The molecule has 1 N–H and O–H groups in total. The minimum absolute atomic E-state index is 0.0859. The molecule has 1 aromatic carbocycles. The lowest BCUT2D eigenvalue weighted by Gasteiger charge is -2.07. The molecule has 1 aromatic heterocycles. The zero-order valence-corrected chi connectivity index (χ0v) is 14.2. The molecule has 1 amide bonds. The number of halogens is 1. The summed E-state index contributed by atoms with van der Waals surface area (Å²) < 4.78 is 2.65. The number of aromatic nitrogens is 4. The number of benzene rings is 1. The number of carbonyl (C=O) groups excluding carboxylic acids is 1. The third-order valence-corrected chi connectivity index (χ3v) is 3.93. The minimum atomic E-state index is -0.0859. The molecule has 0 atom stereocenters. The van der Waals surface area contributed by atoms with Crippen molar-refractivity contribution in [3.8, 4) is 0 Å². The van der Waals surface area contributed by atoms with E-state index in [0.29, 0.717) is 11.1 Å². The topological polar surface area (TPSA) is 72.7 Å². The number of anilines is 1.